The van der Waals surface area contributed by atoms with Crippen LogP contribution >= 0.6 is 0 Å². The second-order valence-corrected chi connectivity index (χ2v) is 7.12. The first-order valence-corrected chi connectivity index (χ1v) is 9.82. The summed E-state index contributed by atoms with van der Waals surface area (Å²) in [6.07, 6.45) is 10.4. The van der Waals surface area contributed by atoms with Crippen LogP contribution in [0.2, 0.25) is 0 Å². The van der Waals surface area contributed by atoms with E-state index in [0.717, 1.165) is 45.1 Å². The molecule has 0 spiro atoms. The average molecular weight is 334 g/mol. The van der Waals surface area contributed by atoms with Crippen molar-refractivity contribution in [1.29, 1.82) is 0 Å². The first-order chi connectivity index (χ1) is 11.8. The number of aliphatic hydroxyl groups is 1. The molecule has 0 aromatic heterocycles. The van der Waals surface area contributed by atoms with Gasteiger partial charge in [-0.3, -0.25) is 0 Å². The number of nitrogens with two attached hydrogens (primary N) is 1. The molecule has 0 amide bonds. The van der Waals surface area contributed by atoms with Crippen LogP contribution in [0.5, 0.6) is 0 Å². The second kappa shape index (κ2) is 10.9. The molecule has 1 aliphatic rings. The molecule has 1 aromatic carbocycles. The van der Waals surface area contributed by atoms with E-state index < -0.39 is 0 Å². The zero-order valence-corrected chi connectivity index (χ0v) is 15.3. The predicted octanol–water partition coefficient (Wildman–Crippen LogP) is 3.96. The first kappa shape index (κ1) is 19.4. The van der Waals surface area contributed by atoms with E-state index in [1.807, 2.05) is 0 Å². The fourth-order valence-corrected chi connectivity index (χ4v) is 3.66. The fourth-order valence-electron chi connectivity index (χ4n) is 3.66. The third-order valence-electron chi connectivity index (χ3n) is 5.23. The van der Waals surface area contributed by atoms with Gasteiger partial charge in [0.05, 0.1) is 6.10 Å². The number of rotatable bonds is 11. The van der Waals surface area contributed by atoms with Crippen LogP contribution < -0.4 is 5.73 Å². The molecular weight excluding hydrogens is 298 g/mol. The molecule has 24 heavy (non-hydrogen) atoms. The maximum Gasteiger partial charge on any atom is 0.0618 e. The van der Waals surface area contributed by atoms with Gasteiger partial charge in [0.15, 0.2) is 0 Å². The summed E-state index contributed by atoms with van der Waals surface area (Å²) in [7, 11) is 0. The number of aryl methyl sites for hydroxylation is 1. The van der Waals surface area contributed by atoms with Crippen molar-refractivity contribution in [2.45, 2.75) is 76.7 Å². The van der Waals surface area contributed by atoms with Gasteiger partial charge in [0.25, 0.3) is 0 Å². The average Bonchev–Trinajstić information content (AvgIpc) is 2.62. The molecule has 0 aliphatic heterocycles. The number of fused-ring (bicyclic) bond motifs is 1. The smallest absolute Gasteiger partial charge is 0.0618 e. The van der Waals surface area contributed by atoms with E-state index in [1.165, 1.54) is 36.0 Å². The molecule has 1 aliphatic carbocycles. The van der Waals surface area contributed by atoms with E-state index in [0.29, 0.717) is 18.6 Å². The Bertz CT molecular complexity index is 475. The van der Waals surface area contributed by atoms with Gasteiger partial charge in [0.2, 0.25) is 0 Å². The molecule has 0 radical (unpaired) electrons. The topological polar surface area (TPSA) is 55.5 Å². The molecule has 2 rings (SSSR count). The standard InChI is InChI=1S/C21H35NO2/c1-2-3-6-13-24-21-11-10-17-14-18(8-9-19(17)15-21)20(16-22)7-4-5-12-23/h8-9,14,20-21,23H,2-7,10-13,15-16,22H2,1H3/t20-,21?/m0/s1. The number of benzene rings is 1. The van der Waals surface area contributed by atoms with E-state index in [1.54, 1.807) is 0 Å². The molecule has 1 aromatic rings. The molecule has 3 heteroatoms. The minimum absolute atomic E-state index is 0.279. The van der Waals surface area contributed by atoms with Crippen molar-refractivity contribution >= 4 is 0 Å². The Morgan fingerprint density at radius 1 is 1.21 bits per heavy atom. The Kier molecular flexibility index (Phi) is 8.79. The molecule has 0 saturated carbocycles. The van der Waals surface area contributed by atoms with Crippen LogP contribution in [0, 0.1) is 0 Å². The lowest BCUT2D eigenvalue weighted by Crippen LogP contribution is -2.23. The quantitative estimate of drug-likeness (QED) is 0.603. The first-order valence-electron chi connectivity index (χ1n) is 9.82. The summed E-state index contributed by atoms with van der Waals surface area (Å²) < 4.78 is 6.06. The van der Waals surface area contributed by atoms with Crippen molar-refractivity contribution in [3.63, 3.8) is 0 Å². The van der Waals surface area contributed by atoms with Gasteiger partial charge in [-0.25, -0.2) is 0 Å². The van der Waals surface area contributed by atoms with Gasteiger partial charge < -0.3 is 15.6 Å². The Labute approximate surface area is 147 Å². The zero-order chi connectivity index (χ0) is 17.2. The minimum atomic E-state index is 0.279. The highest BCUT2D eigenvalue weighted by atomic mass is 16.5. The molecule has 1 unspecified atom stereocenters. The van der Waals surface area contributed by atoms with Crippen LogP contribution in [0.3, 0.4) is 0 Å². The van der Waals surface area contributed by atoms with Gasteiger partial charge in [-0.2, -0.15) is 0 Å². The SMILES string of the molecule is CCCCCOC1CCc2cc([C@H](CN)CCCCO)ccc2C1. The highest BCUT2D eigenvalue weighted by Crippen LogP contribution is 2.29. The highest BCUT2D eigenvalue weighted by Gasteiger charge is 2.20. The molecule has 0 fully saturated rings. The molecule has 136 valence electrons. The lowest BCUT2D eigenvalue weighted by molar-refractivity contribution is 0.0419. The summed E-state index contributed by atoms with van der Waals surface area (Å²) >= 11 is 0. The van der Waals surface area contributed by atoms with Crippen LogP contribution in [0.15, 0.2) is 18.2 Å². The van der Waals surface area contributed by atoms with Crippen LogP contribution in [0.25, 0.3) is 0 Å². The molecule has 0 saturated heterocycles. The Morgan fingerprint density at radius 2 is 2.08 bits per heavy atom. The number of unbranched alkanes of at least 4 members (excludes halogenated alkanes) is 3. The summed E-state index contributed by atoms with van der Waals surface area (Å²) in [4.78, 5) is 0. The molecule has 0 bridgehead atoms. The zero-order valence-electron chi connectivity index (χ0n) is 15.3. The number of hydrogen-bond acceptors (Lipinski definition) is 3. The predicted molar refractivity (Wildman–Crippen MR) is 100 cm³/mol. The normalized spacial score (nSPS) is 18.4. The number of aliphatic hydroxyl groups excluding tert-OH is 1. The highest BCUT2D eigenvalue weighted by molar-refractivity contribution is 5.36. The van der Waals surface area contributed by atoms with Crippen molar-refractivity contribution in [3.8, 4) is 0 Å². The Morgan fingerprint density at radius 3 is 2.83 bits per heavy atom. The van der Waals surface area contributed by atoms with Crippen molar-refractivity contribution in [2.24, 2.45) is 5.73 Å². The van der Waals surface area contributed by atoms with Crippen LogP contribution in [0.1, 0.15) is 74.5 Å². The summed E-state index contributed by atoms with van der Waals surface area (Å²) in [5, 5.41) is 8.95. The Hall–Kier alpha value is -0.900. The van der Waals surface area contributed by atoms with Gasteiger partial charge in [-0.15, -0.1) is 0 Å². The van der Waals surface area contributed by atoms with E-state index in [-0.39, 0.29) is 6.61 Å². The summed E-state index contributed by atoms with van der Waals surface area (Å²) in [5.41, 5.74) is 10.3. The Balaban J connectivity index is 1.90. The van der Waals surface area contributed by atoms with Gasteiger partial charge in [-0.05, 0) is 67.7 Å². The number of hydrogen-bond donors (Lipinski definition) is 2. The lowest BCUT2D eigenvalue weighted by atomic mass is 9.85. The van der Waals surface area contributed by atoms with Crippen LogP contribution in [0.4, 0.5) is 0 Å². The monoisotopic (exact) mass is 333 g/mol. The summed E-state index contributed by atoms with van der Waals surface area (Å²) in [6.45, 7) is 4.10. The van der Waals surface area contributed by atoms with Crippen LogP contribution in [-0.4, -0.2) is 31.0 Å². The largest absolute Gasteiger partial charge is 0.396 e. The van der Waals surface area contributed by atoms with Gasteiger partial charge >= 0.3 is 0 Å². The molecule has 3 nitrogen and oxygen atoms in total. The summed E-state index contributed by atoms with van der Waals surface area (Å²) in [6, 6.07) is 6.93. The minimum Gasteiger partial charge on any atom is -0.396 e. The van der Waals surface area contributed by atoms with Crippen molar-refractivity contribution in [1.82, 2.24) is 0 Å². The van der Waals surface area contributed by atoms with E-state index >= 15 is 0 Å². The van der Waals surface area contributed by atoms with E-state index in [4.69, 9.17) is 15.6 Å². The fraction of sp³-hybridized carbons (Fsp3) is 0.714. The molecular formula is C21H35NO2. The van der Waals surface area contributed by atoms with Crippen molar-refractivity contribution in [2.75, 3.05) is 19.8 Å². The summed E-state index contributed by atoms with van der Waals surface area (Å²) in [5.74, 6) is 0.421. The number of ether oxygens (including phenoxy) is 1. The molecule has 3 N–H and O–H groups in total. The van der Waals surface area contributed by atoms with Crippen LogP contribution in [-0.2, 0) is 17.6 Å². The maximum atomic E-state index is 8.95. The lowest BCUT2D eigenvalue weighted by Gasteiger charge is -2.26. The molecule has 0 heterocycles. The third-order valence-corrected chi connectivity index (χ3v) is 5.23. The maximum absolute atomic E-state index is 8.95. The van der Waals surface area contributed by atoms with Crippen molar-refractivity contribution in [3.05, 3.63) is 34.9 Å². The van der Waals surface area contributed by atoms with Gasteiger partial charge in [0.1, 0.15) is 0 Å². The third kappa shape index (κ3) is 5.87. The van der Waals surface area contributed by atoms with Crippen molar-refractivity contribution < 1.29 is 9.84 Å². The second-order valence-electron chi connectivity index (χ2n) is 7.12. The van der Waals surface area contributed by atoms with E-state index in [9.17, 15) is 0 Å². The van der Waals surface area contributed by atoms with E-state index in [2.05, 4.69) is 25.1 Å². The van der Waals surface area contributed by atoms with Gasteiger partial charge in [-0.1, -0.05) is 44.4 Å². The van der Waals surface area contributed by atoms with Gasteiger partial charge in [0, 0.05) is 13.2 Å². The molecule has 2 atom stereocenters.